The highest BCUT2D eigenvalue weighted by atomic mass is 32.3. The van der Waals surface area contributed by atoms with Gasteiger partial charge in [-0.1, -0.05) is 47.0 Å². The Morgan fingerprint density at radius 1 is 0.667 bits per heavy atom. The minimum atomic E-state index is 1.27. The fraction of sp³-hybridized carbons (Fsp3) is 0.400. The van der Waals surface area contributed by atoms with E-state index in [1.54, 1.807) is 8.47 Å². The van der Waals surface area contributed by atoms with E-state index in [0.29, 0.717) is 0 Å². The van der Waals surface area contributed by atoms with Crippen molar-refractivity contribution in [2.24, 2.45) is 0 Å². The normalized spacial score (nSPS) is 24.3. The average molecular weight is 387 g/mol. The summed E-state index contributed by atoms with van der Waals surface area (Å²) in [4.78, 5) is 0. The summed E-state index contributed by atoms with van der Waals surface area (Å²) in [7, 11) is 0. The third-order valence-electron chi connectivity index (χ3n) is 2.16. The molecule has 0 unspecified atom stereocenters. The van der Waals surface area contributed by atoms with Gasteiger partial charge in [0.1, 0.15) is 0 Å². The molecule has 0 aromatic heterocycles. The summed E-state index contributed by atoms with van der Waals surface area (Å²) < 4.78 is 9.04. The third kappa shape index (κ3) is 3.10. The van der Waals surface area contributed by atoms with E-state index in [0.717, 1.165) is 0 Å². The zero-order valence-electron chi connectivity index (χ0n) is 9.68. The van der Waals surface area contributed by atoms with Gasteiger partial charge in [0.15, 0.2) is 0 Å². The average Bonchev–Trinajstić information content (AvgIpc) is 3.01. The molecular formula is C10H10S8. The molecule has 3 aliphatic rings. The second kappa shape index (κ2) is 6.85. The van der Waals surface area contributed by atoms with Crippen molar-refractivity contribution < 1.29 is 0 Å². The maximum Gasteiger partial charge on any atom is 0.0717 e. The lowest BCUT2D eigenvalue weighted by atomic mass is 11.0. The van der Waals surface area contributed by atoms with E-state index in [9.17, 15) is 0 Å². The van der Waals surface area contributed by atoms with E-state index >= 15 is 0 Å². The Bertz CT molecular complexity index is 398. The van der Waals surface area contributed by atoms with E-state index in [1.165, 1.54) is 28.5 Å². The maximum absolute atomic E-state index is 2.18. The van der Waals surface area contributed by atoms with Gasteiger partial charge in [-0.3, -0.25) is 0 Å². The molecule has 3 aliphatic heterocycles. The van der Waals surface area contributed by atoms with Gasteiger partial charge < -0.3 is 0 Å². The van der Waals surface area contributed by atoms with Gasteiger partial charge in [0.2, 0.25) is 0 Å². The van der Waals surface area contributed by atoms with Crippen molar-refractivity contribution in [3.63, 3.8) is 0 Å². The molecule has 0 nitrogen and oxygen atoms in total. The van der Waals surface area contributed by atoms with Crippen LogP contribution in [0.2, 0.25) is 0 Å². The lowest BCUT2D eigenvalue weighted by Crippen LogP contribution is -1.88. The highest BCUT2D eigenvalue weighted by Crippen LogP contribution is 2.66. The summed E-state index contributed by atoms with van der Waals surface area (Å²) in [6, 6.07) is 0. The van der Waals surface area contributed by atoms with Crippen LogP contribution in [0, 0.1) is 0 Å². The van der Waals surface area contributed by atoms with Crippen LogP contribution < -0.4 is 0 Å². The first kappa shape index (κ1) is 14.9. The van der Waals surface area contributed by atoms with Gasteiger partial charge >= 0.3 is 0 Å². The van der Waals surface area contributed by atoms with Gasteiger partial charge in [-0.05, 0) is 12.5 Å². The molecule has 0 fully saturated rings. The molecule has 0 radical (unpaired) electrons. The standard InChI is InChI=1S/C10H10S8/c1-11-5-6(12-2)16-9(15-5)10-17-7-8(18-10)14-4-3-13-7/h3-4H2,1-2H3. The molecule has 0 bridgehead atoms. The topological polar surface area (TPSA) is 0 Å². The van der Waals surface area contributed by atoms with E-state index < -0.39 is 0 Å². The molecule has 18 heavy (non-hydrogen) atoms. The van der Waals surface area contributed by atoms with Gasteiger partial charge in [0.25, 0.3) is 0 Å². The lowest BCUT2D eigenvalue weighted by molar-refractivity contribution is 1.56. The molecule has 0 N–H and O–H groups in total. The lowest BCUT2D eigenvalue weighted by Gasteiger charge is -2.08. The fourth-order valence-corrected chi connectivity index (χ4v) is 12.7. The van der Waals surface area contributed by atoms with Crippen LogP contribution in [0.25, 0.3) is 0 Å². The largest absolute Gasteiger partial charge is 0.121 e. The van der Waals surface area contributed by atoms with Crippen LogP contribution in [0.15, 0.2) is 25.4 Å². The molecule has 0 aromatic rings. The molecule has 0 aromatic carbocycles. The van der Waals surface area contributed by atoms with E-state index in [-0.39, 0.29) is 0 Å². The first-order valence-corrected chi connectivity index (χ1v) is 12.8. The molecule has 0 aliphatic carbocycles. The van der Waals surface area contributed by atoms with Crippen LogP contribution in [0.3, 0.4) is 0 Å². The Morgan fingerprint density at radius 2 is 1.11 bits per heavy atom. The smallest absolute Gasteiger partial charge is 0.0717 e. The van der Waals surface area contributed by atoms with Crippen LogP contribution in [0.1, 0.15) is 0 Å². The highest BCUT2D eigenvalue weighted by molar-refractivity contribution is 8.45. The Morgan fingerprint density at radius 3 is 1.56 bits per heavy atom. The fourth-order valence-electron chi connectivity index (χ4n) is 1.41. The van der Waals surface area contributed by atoms with Crippen molar-refractivity contribution in [3.05, 3.63) is 25.4 Å². The van der Waals surface area contributed by atoms with Crippen molar-refractivity contribution in [1.82, 2.24) is 0 Å². The minimum Gasteiger partial charge on any atom is -0.121 e. The first-order chi connectivity index (χ1) is 8.81. The number of hydrogen-bond acceptors (Lipinski definition) is 8. The second-order valence-electron chi connectivity index (χ2n) is 3.24. The molecule has 0 amide bonds. The van der Waals surface area contributed by atoms with Gasteiger partial charge in [-0.15, -0.1) is 47.0 Å². The van der Waals surface area contributed by atoms with Crippen molar-refractivity contribution in [1.29, 1.82) is 0 Å². The summed E-state index contributed by atoms with van der Waals surface area (Å²) in [6.07, 6.45) is 4.35. The summed E-state index contributed by atoms with van der Waals surface area (Å²) in [5, 5.41) is 0. The van der Waals surface area contributed by atoms with Gasteiger partial charge in [-0.25, -0.2) is 0 Å². The van der Waals surface area contributed by atoms with Crippen molar-refractivity contribution >= 4 is 94.1 Å². The molecule has 8 heteroatoms. The summed E-state index contributed by atoms with van der Waals surface area (Å²) >= 11 is 15.7. The van der Waals surface area contributed by atoms with E-state index in [4.69, 9.17) is 0 Å². The summed E-state index contributed by atoms with van der Waals surface area (Å²) in [6.45, 7) is 0. The van der Waals surface area contributed by atoms with Gasteiger partial charge in [0.05, 0.1) is 25.4 Å². The van der Waals surface area contributed by atoms with E-state index in [2.05, 4.69) is 12.5 Å². The number of hydrogen-bond donors (Lipinski definition) is 0. The Labute approximate surface area is 142 Å². The monoisotopic (exact) mass is 386 g/mol. The zero-order valence-corrected chi connectivity index (χ0v) is 16.2. The van der Waals surface area contributed by atoms with Gasteiger partial charge in [-0.2, -0.15) is 0 Å². The number of rotatable bonds is 2. The van der Waals surface area contributed by atoms with Crippen molar-refractivity contribution in [2.45, 2.75) is 0 Å². The van der Waals surface area contributed by atoms with Crippen LogP contribution in [-0.2, 0) is 0 Å². The van der Waals surface area contributed by atoms with Crippen molar-refractivity contribution in [3.8, 4) is 0 Å². The van der Waals surface area contributed by atoms with E-state index in [1.807, 2.05) is 94.1 Å². The highest BCUT2D eigenvalue weighted by Gasteiger charge is 2.31. The van der Waals surface area contributed by atoms with Gasteiger partial charge in [0, 0.05) is 11.5 Å². The second-order valence-corrected chi connectivity index (χ2v) is 12.7. The van der Waals surface area contributed by atoms with Crippen LogP contribution in [-0.4, -0.2) is 24.0 Å². The van der Waals surface area contributed by atoms with Crippen LogP contribution in [0.4, 0.5) is 0 Å². The predicted octanol–water partition coefficient (Wildman–Crippen LogP) is 6.53. The first-order valence-electron chi connectivity index (χ1n) is 5.09. The van der Waals surface area contributed by atoms with Crippen molar-refractivity contribution in [2.75, 3.05) is 24.0 Å². The molecular weight excluding hydrogens is 377 g/mol. The SMILES string of the molecule is CSC1=C(SC)SC(=C2SC3=C(SCCS3)S2)S1. The Kier molecular flexibility index (Phi) is 5.69. The quantitative estimate of drug-likeness (QED) is 0.518. The minimum absolute atomic E-state index is 1.27. The Hall–Kier alpha value is 2.02. The molecule has 98 valence electrons. The predicted molar refractivity (Wildman–Crippen MR) is 103 cm³/mol. The summed E-state index contributed by atoms with van der Waals surface area (Å²) in [5.74, 6) is 2.54. The molecule has 0 saturated carbocycles. The molecule has 0 spiro atoms. The summed E-state index contributed by atoms with van der Waals surface area (Å²) in [5.41, 5.74) is 0. The molecule has 3 heterocycles. The molecule has 0 saturated heterocycles. The Balaban J connectivity index is 1.76. The zero-order chi connectivity index (χ0) is 12.5. The molecule has 3 rings (SSSR count). The van der Waals surface area contributed by atoms with Crippen LogP contribution >= 0.6 is 94.1 Å². The third-order valence-corrected chi connectivity index (χ3v) is 13.7. The number of thioether (sulfide) groups is 8. The maximum atomic E-state index is 2.18. The van der Waals surface area contributed by atoms with Crippen LogP contribution in [0.5, 0.6) is 0 Å². The molecule has 0 atom stereocenters.